The second-order valence-corrected chi connectivity index (χ2v) is 4.82. The van der Waals surface area contributed by atoms with Crippen molar-refractivity contribution in [2.45, 2.75) is 32.6 Å². The largest absolute Gasteiger partial charge is 0.351 e. The van der Waals surface area contributed by atoms with E-state index < -0.39 is 0 Å². The Bertz CT molecular complexity index is 340. The molecule has 0 amide bonds. The van der Waals surface area contributed by atoms with E-state index in [4.69, 9.17) is 9.47 Å². The van der Waals surface area contributed by atoms with Gasteiger partial charge in [0.2, 0.25) is 0 Å². The highest BCUT2D eigenvalue weighted by Crippen LogP contribution is 2.19. The van der Waals surface area contributed by atoms with Crippen LogP contribution in [0.25, 0.3) is 0 Å². The lowest BCUT2D eigenvalue weighted by Crippen LogP contribution is -2.43. The number of nitrogens with one attached hydrogen (secondary N) is 1. The van der Waals surface area contributed by atoms with Crippen molar-refractivity contribution in [3.05, 3.63) is 34.3 Å². The van der Waals surface area contributed by atoms with Gasteiger partial charge in [-0.05, 0) is 38.9 Å². The number of rotatable bonds is 8. The molecule has 1 unspecified atom stereocenters. The van der Waals surface area contributed by atoms with Gasteiger partial charge in [-0.25, -0.2) is 0 Å². The van der Waals surface area contributed by atoms with Crippen LogP contribution in [0.2, 0.25) is 0 Å². The zero-order chi connectivity index (χ0) is 13.4. The van der Waals surface area contributed by atoms with Crippen molar-refractivity contribution in [3.8, 4) is 0 Å². The van der Waals surface area contributed by atoms with E-state index in [1.54, 1.807) is 0 Å². The fraction of sp³-hybridized carbons (Fsp3) is 0.571. The maximum Gasteiger partial charge on any atom is 0.172 e. The Kier molecular flexibility index (Phi) is 7.51. The summed E-state index contributed by atoms with van der Waals surface area (Å²) < 4.78 is 12.4. The zero-order valence-electron chi connectivity index (χ0n) is 11.3. The number of hydrogen-bond donors (Lipinski definition) is 1. The van der Waals surface area contributed by atoms with Crippen LogP contribution < -0.4 is 5.32 Å². The van der Waals surface area contributed by atoms with Crippen LogP contribution in [0, 0.1) is 0 Å². The third kappa shape index (κ3) is 4.69. The molecule has 1 rings (SSSR count). The molecular weight excluding hydrogens is 294 g/mol. The Hall–Kier alpha value is -0.420. The van der Waals surface area contributed by atoms with Gasteiger partial charge >= 0.3 is 0 Å². The van der Waals surface area contributed by atoms with Gasteiger partial charge in [-0.3, -0.25) is 0 Å². The highest BCUT2D eigenvalue weighted by Gasteiger charge is 2.21. The van der Waals surface area contributed by atoms with E-state index in [1.807, 2.05) is 33.0 Å². The van der Waals surface area contributed by atoms with Crippen LogP contribution in [0.1, 0.15) is 19.4 Å². The van der Waals surface area contributed by atoms with E-state index in [2.05, 4.69) is 33.4 Å². The topological polar surface area (TPSA) is 30.5 Å². The van der Waals surface area contributed by atoms with Gasteiger partial charge in [0.05, 0.1) is 6.04 Å². The molecule has 1 aromatic carbocycles. The molecule has 0 saturated heterocycles. The molecule has 0 heterocycles. The van der Waals surface area contributed by atoms with Gasteiger partial charge in [-0.2, -0.15) is 0 Å². The van der Waals surface area contributed by atoms with E-state index in [0.29, 0.717) is 13.2 Å². The van der Waals surface area contributed by atoms with E-state index in [9.17, 15) is 0 Å². The van der Waals surface area contributed by atoms with Crippen LogP contribution >= 0.6 is 15.9 Å². The summed E-state index contributed by atoms with van der Waals surface area (Å²) in [4.78, 5) is 0. The maximum atomic E-state index is 5.65. The summed E-state index contributed by atoms with van der Waals surface area (Å²) in [5, 5.41) is 3.28. The minimum Gasteiger partial charge on any atom is -0.351 e. The molecular formula is C14H22BrNO2. The van der Waals surface area contributed by atoms with Gasteiger partial charge in [0, 0.05) is 17.7 Å². The van der Waals surface area contributed by atoms with Gasteiger partial charge in [0.15, 0.2) is 6.29 Å². The molecule has 0 saturated carbocycles. The van der Waals surface area contributed by atoms with E-state index in [1.165, 1.54) is 5.56 Å². The highest BCUT2D eigenvalue weighted by atomic mass is 79.9. The molecule has 102 valence electrons. The quantitative estimate of drug-likeness (QED) is 0.748. The molecule has 4 heteroatoms. The monoisotopic (exact) mass is 315 g/mol. The van der Waals surface area contributed by atoms with Gasteiger partial charge in [-0.15, -0.1) is 0 Å². The smallest absolute Gasteiger partial charge is 0.172 e. The molecule has 0 fully saturated rings. The summed E-state index contributed by atoms with van der Waals surface area (Å²) >= 11 is 3.57. The number of hydrogen-bond acceptors (Lipinski definition) is 3. The summed E-state index contributed by atoms with van der Waals surface area (Å²) in [7, 11) is 1.94. The normalized spacial score (nSPS) is 12.9. The number of benzene rings is 1. The Morgan fingerprint density at radius 1 is 1.17 bits per heavy atom. The molecule has 0 radical (unpaired) electrons. The number of likely N-dealkylation sites (N-methyl/N-ethyl adjacent to an activating group) is 1. The fourth-order valence-corrected chi connectivity index (χ4v) is 2.29. The lowest BCUT2D eigenvalue weighted by Gasteiger charge is -2.26. The fourth-order valence-electron chi connectivity index (χ4n) is 1.84. The predicted molar refractivity (Wildman–Crippen MR) is 77.7 cm³/mol. The van der Waals surface area contributed by atoms with Crippen molar-refractivity contribution >= 4 is 15.9 Å². The number of ether oxygens (including phenoxy) is 2. The molecule has 0 aliphatic rings. The second-order valence-electron chi connectivity index (χ2n) is 3.97. The molecule has 0 bridgehead atoms. The lowest BCUT2D eigenvalue weighted by atomic mass is 10.1. The van der Waals surface area contributed by atoms with Crippen LogP contribution in [-0.2, 0) is 15.9 Å². The number of halogens is 1. The third-order valence-electron chi connectivity index (χ3n) is 2.76. The molecule has 1 N–H and O–H groups in total. The summed E-state index contributed by atoms with van der Waals surface area (Å²) in [6, 6.07) is 8.37. The Balaban J connectivity index is 2.73. The first-order chi connectivity index (χ1) is 8.72. The molecule has 1 atom stereocenters. The maximum absolute atomic E-state index is 5.65. The first-order valence-corrected chi connectivity index (χ1v) is 7.16. The van der Waals surface area contributed by atoms with Crippen LogP contribution in [0.4, 0.5) is 0 Å². The highest BCUT2D eigenvalue weighted by molar-refractivity contribution is 9.10. The summed E-state index contributed by atoms with van der Waals surface area (Å²) in [5.74, 6) is 0. The zero-order valence-corrected chi connectivity index (χ0v) is 12.9. The molecule has 0 aliphatic heterocycles. The summed E-state index contributed by atoms with van der Waals surface area (Å²) in [6.07, 6.45) is 0.653. The van der Waals surface area contributed by atoms with E-state index >= 15 is 0 Å². The Morgan fingerprint density at radius 2 is 1.78 bits per heavy atom. The first kappa shape index (κ1) is 15.6. The van der Waals surface area contributed by atoms with Crippen LogP contribution in [0.15, 0.2) is 28.7 Å². The summed E-state index contributed by atoms with van der Waals surface area (Å²) in [6.45, 7) is 5.27. The van der Waals surface area contributed by atoms with Crippen molar-refractivity contribution in [3.63, 3.8) is 0 Å². The molecule has 0 aliphatic carbocycles. The SMILES string of the molecule is CCOC(OCC)C(Cc1ccccc1Br)NC. The molecule has 1 aromatic rings. The molecule has 0 aromatic heterocycles. The minimum atomic E-state index is -0.211. The average molecular weight is 316 g/mol. The van der Waals surface area contributed by atoms with Crippen molar-refractivity contribution < 1.29 is 9.47 Å². The van der Waals surface area contributed by atoms with Gasteiger partial charge in [0.1, 0.15) is 0 Å². The van der Waals surface area contributed by atoms with Gasteiger partial charge in [0.25, 0.3) is 0 Å². The van der Waals surface area contributed by atoms with Crippen LogP contribution in [0.3, 0.4) is 0 Å². The molecule has 18 heavy (non-hydrogen) atoms. The van der Waals surface area contributed by atoms with E-state index in [-0.39, 0.29) is 12.3 Å². The average Bonchev–Trinajstić information content (AvgIpc) is 2.38. The van der Waals surface area contributed by atoms with Crippen LogP contribution in [-0.4, -0.2) is 32.6 Å². The third-order valence-corrected chi connectivity index (χ3v) is 3.53. The molecule has 0 spiro atoms. The minimum absolute atomic E-state index is 0.142. The Labute approximate surface area is 118 Å². The van der Waals surface area contributed by atoms with Crippen molar-refractivity contribution in [2.24, 2.45) is 0 Å². The van der Waals surface area contributed by atoms with E-state index in [0.717, 1.165) is 10.9 Å². The van der Waals surface area contributed by atoms with Gasteiger partial charge < -0.3 is 14.8 Å². The lowest BCUT2D eigenvalue weighted by molar-refractivity contribution is -0.152. The first-order valence-electron chi connectivity index (χ1n) is 6.36. The Morgan fingerprint density at radius 3 is 2.28 bits per heavy atom. The standard InChI is InChI=1S/C14H22BrNO2/c1-4-17-14(18-5-2)13(16-3)10-11-8-6-7-9-12(11)15/h6-9,13-14,16H,4-5,10H2,1-3H3. The predicted octanol–water partition coefficient (Wildman–Crippen LogP) is 2.98. The van der Waals surface area contributed by atoms with Crippen molar-refractivity contribution in [1.29, 1.82) is 0 Å². The second kappa shape index (κ2) is 8.64. The molecule has 3 nitrogen and oxygen atoms in total. The summed E-state index contributed by atoms with van der Waals surface area (Å²) in [5.41, 5.74) is 1.25. The van der Waals surface area contributed by atoms with Gasteiger partial charge in [-0.1, -0.05) is 34.1 Å². The van der Waals surface area contributed by atoms with Crippen molar-refractivity contribution in [2.75, 3.05) is 20.3 Å². The van der Waals surface area contributed by atoms with Crippen molar-refractivity contribution in [1.82, 2.24) is 5.32 Å². The van der Waals surface area contributed by atoms with Crippen LogP contribution in [0.5, 0.6) is 0 Å².